The number of fused-ring (bicyclic) bond motifs is 1. The fraction of sp³-hybridized carbons (Fsp3) is 0.471. The van der Waals surface area contributed by atoms with E-state index in [1.54, 1.807) is 0 Å². The predicted octanol–water partition coefficient (Wildman–Crippen LogP) is 3.23. The van der Waals surface area contributed by atoms with Crippen LogP contribution in [0.5, 0.6) is 0 Å². The zero-order valence-corrected chi connectivity index (χ0v) is 14.4. The van der Waals surface area contributed by atoms with Crippen LogP contribution in [0.4, 0.5) is 5.82 Å². The molecule has 1 aromatic carbocycles. The Morgan fingerprint density at radius 1 is 1.41 bits per heavy atom. The molecule has 1 atom stereocenters. The Balaban J connectivity index is 1.78. The van der Waals surface area contributed by atoms with Crippen LogP contribution in [0.2, 0.25) is 5.02 Å². The topological polar surface area (TPSA) is 33.1 Å². The van der Waals surface area contributed by atoms with E-state index in [0.29, 0.717) is 6.04 Å². The third kappa shape index (κ3) is 2.73. The molecule has 2 aromatic rings. The Labute approximate surface area is 137 Å². The van der Waals surface area contributed by atoms with Gasteiger partial charge in [-0.25, -0.2) is 0 Å². The third-order valence-corrected chi connectivity index (χ3v) is 4.68. The van der Waals surface area contributed by atoms with E-state index in [0.717, 1.165) is 30.1 Å². The minimum absolute atomic E-state index is 0.405. The van der Waals surface area contributed by atoms with Crippen LogP contribution in [0.3, 0.4) is 0 Å². The lowest BCUT2D eigenvalue weighted by Crippen LogP contribution is -2.21. The van der Waals surface area contributed by atoms with Crippen molar-refractivity contribution in [3.05, 3.63) is 45.6 Å². The van der Waals surface area contributed by atoms with Gasteiger partial charge >= 0.3 is 0 Å². The molecule has 0 saturated carbocycles. The maximum absolute atomic E-state index is 6.09. The predicted molar refractivity (Wildman–Crippen MR) is 91.6 cm³/mol. The van der Waals surface area contributed by atoms with Crippen LogP contribution >= 0.6 is 11.6 Å². The number of aryl methyl sites for hydroxylation is 3. The summed E-state index contributed by atoms with van der Waals surface area (Å²) in [7, 11) is 6.12. The van der Waals surface area contributed by atoms with Gasteiger partial charge in [-0.3, -0.25) is 4.68 Å². The summed E-state index contributed by atoms with van der Waals surface area (Å²) >= 11 is 6.09. The van der Waals surface area contributed by atoms with Crippen molar-refractivity contribution in [2.24, 2.45) is 7.05 Å². The van der Waals surface area contributed by atoms with E-state index in [-0.39, 0.29) is 0 Å². The Bertz CT molecular complexity index is 690. The maximum Gasteiger partial charge on any atom is 0.130 e. The molecule has 0 saturated heterocycles. The van der Waals surface area contributed by atoms with Crippen molar-refractivity contribution >= 4 is 17.4 Å². The first-order chi connectivity index (χ1) is 10.5. The lowest BCUT2D eigenvalue weighted by molar-refractivity contribution is 0.529. The summed E-state index contributed by atoms with van der Waals surface area (Å²) in [4.78, 5) is 2.12. The van der Waals surface area contributed by atoms with Crippen LogP contribution in [0.15, 0.2) is 18.2 Å². The van der Waals surface area contributed by atoms with Gasteiger partial charge in [-0.1, -0.05) is 17.7 Å². The van der Waals surface area contributed by atoms with E-state index in [1.165, 1.54) is 22.5 Å². The quantitative estimate of drug-likeness (QED) is 0.939. The molecule has 5 heteroatoms. The van der Waals surface area contributed by atoms with E-state index >= 15 is 0 Å². The van der Waals surface area contributed by atoms with Crippen molar-refractivity contribution in [1.82, 2.24) is 15.1 Å². The first kappa shape index (κ1) is 15.4. The minimum atomic E-state index is 0.405. The number of anilines is 1. The van der Waals surface area contributed by atoms with E-state index in [2.05, 4.69) is 48.5 Å². The van der Waals surface area contributed by atoms with Crippen molar-refractivity contribution in [1.29, 1.82) is 0 Å². The second kappa shape index (κ2) is 5.94. The summed E-state index contributed by atoms with van der Waals surface area (Å²) in [5.74, 6) is 1.17. The first-order valence-corrected chi connectivity index (χ1v) is 8.06. The number of hydrogen-bond acceptors (Lipinski definition) is 3. The van der Waals surface area contributed by atoms with Gasteiger partial charge in [0.2, 0.25) is 0 Å². The molecule has 0 amide bonds. The van der Waals surface area contributed by atoms with Crippen molar-refractivity contribution in [3.63, 3.8) is 0 Å². The average Bonchev–Trinajstić information content (AvgIpc) is 2.96. The zero-order chi connectivity index (χ0) is 15.9. The number of benzene rings is 1. The summed E-state index contributed by atoms with van der Waals surface area (Å²) in [6.45, 7) is 2.91. The fourth-order valence-electron chi connectivity index (χ4n) is 3.48. The highest BCUT2D eigenvalue weighted by molar-refractivity contribution is 6.30. The summed E-state index contributed by atoms with van der Waals surface area (Å²) in [6.07, 6.45) is 2.23. The van der Waals surface area contributed by atoms with Gasteiger partial charge in [0.05, 0.1) is 5.69 Å². The molecule has 0 aliphatic heterocycles. The lowest BCUT2D eigenvalue weighted by atomic mass is 10.1. The van der Waals surface area contributed by atoms with E-state index in [9.17, 15) is 0 Å². The molecule has 118 valence electrons. The molecule has 0 fully saturated rings. The first-order valence-electron chi connectivity index (χ1n) is 7.69. The lowest BCUT2D eigenvalue weighted by Gasteiger charge is -2.18. The van der Waals surface area contributed by atoms with Crippen LogP contribution in [-0.4, -0.2) is 23.9 Å². The summed E-state index contributed by atoms with van der Waals surface area (Å²) in [6, 6.07) is 6.65. The average molecular weight is 319 g/mol. The number of rotatable bonds is 4. The molecule has 1 aromatic heterocycles. The molecule has 4 nitrogen and oxygen atoms in total. The van der Waals surface area contributed by atoms with Gasteiger partial charge < -0.3 is 10.2 Å². The molecule has 22 heavy (non-hydrogen) atoms. The largest absolute Gasteiger partial charge is 0.363 e. The van der Waals surface area contributed by atoms with Gasteiger partial charge in [0.15, 0.2) is 0 Å². The maximum atomic E-state index is 6.09. The monoisotopic (exact) mass is 318 g/mol. The molecule has 1 aliphatic rings. The number of aromatic nitrogens is 2. The van der Waals surface area contributed by atoms with Crippen molar-refractivity contribution in [2.75, 3.05) is 19.0 Å². The smallest absolute Gasteiger partial charge is 0.130 e. The van der Waals surface area contributed by atoms with Crippen LogP contribution in [0.1, 0.15) is 34.8 Å². The number of hydrogen-bond donors (Lipinski definition) is 1. The highest BCUT2D eigenvalue weighted by Gasteiger charge is 2.23. The Kier molecular flexibility index (Phi) is 4.15. The standard InChI is InChI=1S/C17H23ClN4/c1-11-15(17(21(2)3)22(4)20-11)10-19-16-8-5-12-9-13(18)6-7-14(12)16/h6-7,9,16,19H,5,8,10H2,1-4H3/t16-/m1/s1. The van der Waals surface area contributed by atoms with Gasteiger partial charge in [-0.05, 0) is 43.0 Å². The molecule has 0 unspecified atom stereocenters. The SMILES string of the molecule is Cc1nn(C)c(N(C)C)c1CN[C@@H]1CCc2cc(Cl)ccc21. The van der Waals surface area contributed by atoms with E-state index < -0.39 is 0 Å². The zero-order valence-electron chi connectivity index (χ0n) is 13.7. The van der Waals surface area contributed by atoms with Gasteiger partial charge in [0.25, 0.3) is 0 Å². The van der Waals surface area contributed by atoms with E-state index in [1.807, 2.05) is 17.8 Å². The molecule has 3 rings (SSSR count). The Hall–Kier alpha value is -1.52. The molecule has 1 heterocycles. The van der Waals surface area contributed by atoms with Gasteiger partial charge in [0.1, 0.15) is 5.82 Å². The molecular weight excluding hydrogens is 296 g/mol. The van der Waals surface area contributed by atoms with Gasteiger partial charge in [0, 0.05) is 44.3 Å². The summed E-state index contributed by atoms with van der Waals surface area (Å²) in [5, 5.41) is 9.08. The van der Waals surface area contributed by atoms with Crippen molar-refractivity contribution in [2.45, 2.75) is 32.4 Å². The number of halogens is 1. The van der Waals surface area contributed by atoms with Crippen LogP contribution in [0, 0.1) is 6.92 Å². The molecule has 0 spiro atoms. The highest BCUT2D eigenvalue weighted by Crippen LogP contribution is 2.33. The minimum Gasteiger partial charge on any atom is -0.363 e. The number of nitrogens with one attached hydrogen (secondary N) is 1. The fourth-order valence-corrected chi connectivity index (χ4v) is 3.67. The second-order valence-electron chi connectivity index (χ2n) is 6.22. The van der Waals surface area contributed by atoms with Gasteiger partial charge in [-0.2, -0.15) is 5.10 Å². The molecule has 1 aliphatic carbocycles. The van der Waals surface area contributed by atoms with Crippen molar-refractivity contribution < 1.29 is 0 Å². The Morgan fingerprint density at radius 2 is 2.18 bits per heavy atom. The van der Waals surface area contributed by atoms with Crippen LogP contribution in [-0.2, 0) is 20.0 Å². The van der Waals surface area contributed by atoms with Crippen LogP contribution in [0.25, 0.3) is 0 Å². The second-order valence-corrected chi connectivity index (χ2v) is 6.66. The summed E-state index contributed by atoms with van der Waals surface area (Å²) in [5.41, 5.74) is 5.13. The van der Waals surface area contributed by atoms with E-state index in [4.69, 9.17) is 11.6 Å². The summed E-state index contributed by atoms with van der Waals surface area (Å²) < 4.78 is 1.95. The normalized spacial score (nSPS) is 16.9. The molecular formula is C17H23ClN4. The third-order valence-electron chi connectivity index (χ3n) is 4.44. The molecule has 0 radical (unpaired) electrons. The number of nitrogens with zero attached hydrogens (tertiary/aromatic N) is 3. The molecule has 0 bridgehead atoms. The van der Waals surface area contributed by atoms with Crippen LogP contribution < -0.4 is 10.2 Å². The Morgan fingerprint density at radius 3 is 2.91 bits per heavy atom. The van der Waals surface area contributed by atoms with Gasteiger partial charge in [-0.15, -0.1) is 0 Å². The highest BCUT2D eigenvalue weighted by atomic mass is 35.5. The van der Waals surface area contributed by atoms with Crippen molar-refractivity contribution in [3.8, 4) is 0 Å². The molecule has 1 N–H and O–H groups in total.